The van der Waals surface area contributed by atoms with Gasteiger partial charge in [-0.15, -0.1) is 0 Å². The molecule has 1 aromatic carbocycles. The van der Waals surface area contributed by atoms with E-state index >= 15 is 0 Å². The van der Waals surface area contributed by atoms with Crippen molar-refractivity contribution in [1.29, 1.82) is 0 Å². The molecule has 5 rings (SSSR count). The van der Waals surface area contributed by atoms with Gasteiger partial charge in [-0.1, -0.05) is 48.0 Å². The standard InChI is InChI=1S/C23H31BrN4/c1-15(2)12-25-13-18-10-17-8-9-28(18)14-20(17)23-11-22(26-16(3)27-23)19-6-4-5-7-21(19)24/h4-7,11,15,17-18,20,25H,8-10,12-14H2,1-3H3/t17-,18+,20+/m0/s1. The minimum Gasteiger partial charge on any atom is -0.315 e. The second kappa shape index (κ2) is 8.60. The molecule has 4 nitrogen and oxygen atoms in total. The zero-order valence-corrected chi connectivity index (χ0v) is 18.7. The molecule has 1 unspecified atom stereocenters. The van der Waals surface area contributed by atoms with Gasteiger partial charge in [0.05, 0.1) is 5.69 Å². The van der Waals surface area contributed by atoms with Crippen LogP contribution >= 0.6 is 15.9 Å². The van der Waals surface area contributed by atoms with Gasteiger partial charge >= 0.3 is 0 Å². The average Bonchev–Trinajstić information content (AvgIpc) is 2.68. The van der Waals surface area contributed by atoms with Crippen LogP contribution in [0, 0.1) is 18.8 Å². The van der Waals surface area contributed by atoms with Gasteiger partial charge in [-0.25, -0.2) is 9.97 Å². The lowest BCUT2D eigenvalue weighted by atomic mass is 9.74. The molecule has 3 fully saturated rings. The molecule has 0 amide bonds. The summed E-state index contributed by atoms with van der Waals surface area (Å²) in [5.41, 5.74) is 3.40. The zero-order valence-electron chi connectivity index (χ0n) is 17.2. The van der Waals surface area contributed by atoms with Crippen LogP contribution in [0.25, 0.3) is 11.3 Å². The molecule has 0 aliphatic carbocycles. The number of piperidine rings is 3. The summed E-state index contributed by atoms with van der Waals surface area (Å²) in [4.78, 5) is 12.3. The van der Waals surface area contributed by atoms with E-state index in [4.69, 9.17) is 9.97 Å². The summed E-state index contributed by atoms with van der Waals surface area (Å²) >= 11 is 3.68. The summed E-state index contributed by atoms with van der Waals surface area (Å²) in [6, 6.07) is 11.2. The first kappa shape index (κ1) is 20.0. The van der Waals surface area contributed by atoms with E-state index in [0.717, 1.165) is 47.1 Å². The van der Waals surface area contributed by atoms with Crippen LogP contribution in [0.3, 0.4) is 0 Å². The molecule has 3 aliphatic heterocycles. The molecule has 4 atom stereocenters. The molecular formula is C23H31BrN4. The lowest BCUT2D eigenvalue weighted by Crippen LogP contribution is -2.55. The second-order valence-electron chi connectivity index (χ2n) is 8.80. The first-order chi connectivity index (χ1) is 13.5. The van der Waals surface area contributed by atoms with Crippen molar-refractivity contribution in [3.63, 3.8) is 0 Å². The average molecular weight is 443 g/mol. The van der Waals surface area contributed by atoms with Crippen LogP contribution in [0.15, 0.2) is 34.8 Å². The third-order valence-electron chi connectivity index (χ3n) is 6.20. The number of fused-ring (bicyclic) bond motifs is 3. The Morgan fingerprint density at radius 3 is 2.79 bits per heavy atom. The third-order valence-corrected chi connectivity index (χ3v) is 6.89. The highest BCUT2D eigenvalue weighted by atomic mass is 79.9. The van der Waals surface area contributed by atoms with Crippen LogP contribution in [-0.2, 0) is 0 Å². The normalized spacial score (nSPS) is 26.8. The lowest BCUT2D eigenvalue weighted by Gasteiger charge is -2.50. The smallest absolute Gasteiger partial charge is 0.126 e. The number of hydrogen-bond acceptors (Lipinski definition) is 4. The summed E-state index contributed by atoms with van der Waals surface area (Å²) in [6.07, 6.45) is 2.57. The molecule has 3 aliphatic rings. The number of aryl methyl sites for hydroxylation is 1. The second-order valence-corrected chi connectivity index (χ2v) is 9.65. The molecule has 1 N–H and O–H groups in total. The fraction of sp³-hybridized carbons (Fsp3) is 0.565. The van der Waals surface area contributed by atoms with Gasteiger partial charge in [0.2, 0.25) is 0 Å². The van der Waals surface area contributed by atoms with E-state index in [1.807, 2.05) is 13.0 Å². The number of benzene rings is 1. The van der Waals surface area contributed by atoms with E-state index in [2.05, 4.69) is 64.3 Å². The lowest BCUT2D eigenvalue weighted by molar-refractivity contribution is 0.0291. The largest absolute Gasteiger partial charge is 0.315 e. The summed E-state index contributed by atoms with van der Waals surface area (Å²) in [6.45, 7) is 11.2. The van der Waals surface area contributed by atoms with Crippen LogP contribution in [0.4, 0.5) is 0 Å². The molecule has 0 radical (unpaired) electrons. The van der Waals surface area contributed by atoms with Crippen LogP contribution in [0.1, 0.15) is 44.1 Å². The fourth-order valence-corrected chi connectivity index (χ4v) is 5.30. The van der Waals surface area contributed by atoms with Crippen molar-refractivity contribution in [2.24, 2.45) is 11.8 Å². The van der Waals surface area contributed by atoms with Crippen LogP contribution < -0.4 is 5.32 Å². The van der Waals surface area contributed by atoms with E-state index in [9.17, 15) is 0 Å². The van der Waals surface area contributed by atoms with Gasteiger partial charge in [-0.2, -0.15) is 0 Å². The highest BCUT2D eigenvalue weighted by molar-refractivity contribution is 9.10. The van der Waals surface area contributed by atoms with Gasteiger partial charge < -0.3 is 5.32 Å². The first-order valence-electron chi connectivity index (χ1n) is 10.6. The van der Waals surface area contributed by atoms with Crippen molar-refractivity contribution in [3.05, 3.63) is 46.3 Å². The zero-order chi connectivity index (χ0) is 19.7. The number of aromatic nitrogens is 2. The quantitative estimate of drug-likeness (QED) is 0.707. The van der Waals surface area contributed by atoms with Crippen molar-refractivity contribution >= 4 is 15.9 Å². The van der Waals surface area contributed by atoms with E-state index in [0.29, 0.717) is 17.9 Å². The van der Waals surface area contributed by atoms with Crippen molar-refractivity contribution < 1.29 is 0 Å². The van der Waals surface area contributed by atoms with E-state index in [1.165, 1.54) is 25.1 Å². The molecule has 3 saturated heterocycles. The number of nitrogens with zero attached hydrogens (tertiary/aromatic N) is 3. The molecule has 2 bridgehead atoms. The Morgan fingerprint density at radius 2 is 2.07 bits per heavy atom. The molecule has 0 spiro atoms. The van der Waals surface area contributed by atoms with E-state index < -0.39 is 0 Å². The Hall–Kier alpha value is -1.30. The number of nitrogens with one attached hydrogen (secondary N) is 1. The van der Waals surface area contributed by atoms with Crippen LogP contribution in [0.5, 0.6) is 0 Å². The van der Waals surface area contributed by atoms with Gasteiger partial charge in [-0.3, -0.25) is 4.90 Å². The molecule has 150 valence electrons. The monoisotopic (exact) mass is 442 g/mol. The minimum atomic E-state index is 0.526. The molecule has 4 heterocycles. The van der Waals surface area contributed by atoms with Gasteiger partial charge in [0.1, 0.15) is 5.82 Å². The van der Waals surface area contributed by atoms with Crippen LogP contribution in [0.2, 0.25) is 0 Å². The van der Waals surface area contributed by atoms with Gasteiger partial charge in [-0.05, 0) is 56.8 Å². The highest BCUT2D eigenvalue weighted by Gasteiger charge is 2.41. The number of rotatable bonds is 6. The van der Waals surface area contributed by atoms with Crippen molar-refractivity contribution in [1.82, 2.24) is 20.2 Å². The SMILES string of the molecule is Cc1nc(-c2ccccc2Br)cc([C@@H]2CN3CC[C@H]2C[C@@H]3CNCC(C)C)n1. The Labute approximate surface area is 177 Å². The Morgan fingerprint density at radius 1 is 1.25 bits per heavy atom. The fourth-order valence-electron chi connectivity index (χ4n) is 4.81. The van der Waals surface area contributed by atoms with Gasteiger partial charge in [0, 0.05) is 40.8 Å². The summed E-state index contributed by atoms with van der Waals surface area (Å²) in [5.74, 6) is 2.84. The summed E-state index contributed by atoms with van der Waals surface area (Å²) in [7, 11) is 0. The van der Waals surface area contributed by atoms with Crippen molar-refractivity contribution in [3.8, 4) is 11.3 Å². The Balaban J connectivity index is 1.52. The molecular weight excluding hydrogens is 412 g/mol. The molecule has 1 aromatic heterocycles. The maximum absolute atomic E-state index is 4.87. The third kappa shape index (κ3) is 4.32. The van der Waals surface area contributed by atoms with E-state index in [1.54, 1.807) is 0 Å². The Bertz CT molecular complexity index is 822. The van der Waals surface area contributed by atoms with E-state index in [-0.39, 0.29) is 0 Å². The number of hydrogen-bond donors (Lipinski definition) is 1. The maximum Gasteiger partial charge on any atom is 0.126 e. The predicted molar refractivity (Wildman–Crippen MR) is 118 cm³/mol. The Kier molecular flexibility index (Phi) is 6.14. The molecule has 5 heteroatoms. The van der Waals surface area contributed by atoms with Gasteiger partial charge in [0.15, 0.2) is 0 Å². The van der Waals surface area contributed by atoms with Gasteiger partial charge in [0.25, 0.3) is 0 Å². The van der Waals surface area contributed by atoms with Crippen LogP contribution in [-0.4, -0.2) is 47.1 Å². The number of halogens is 1. The molecule has 2 aromatic rings. The highest BCUT2D eigenvalue weighted by Crippen LogP contribution is 2.42. The summed E-state index contributed by atoms with van der Waals surface area (Å²) in [5, 5.41) is 3.67. The minimum absolute atomic E-state index is 0.526. The van der Waals surface area contributed by atoms with Crippen molar-refractivity contribution in [2.75, 3.05) is 26.2 Å². The molecule has 28 heavy (non-hydrogen) atoms. The molecule has 0 saturated carbocycles. The van der Waals surface area contributed by atoms with Crippen molar-refractivity contribution in [2.45, 2.75) is 45.6 Å². The maximum atomic E-state index is 4.87. The topological polar surface area (TPSA) is 41.1 Å². The first-order valence-corrected chi connectivity index (χ1v) is 11.4. The predicted octanol–water partition coefficient (Wildman–Crippen LogP) is 4.64. The summed E-state index contributed by atoms with van der Waals surface area (Å²) < 4.78 is 1.09.